The van der Waals surface area contributed by atoms with Crippen LogP contribution in [0.2, 0.25) is 0 Å². The van der Waals surface area contributed by atoms with Crippen molar-refractivity contribution in [2.45, 2.75) is 26.6 Å². The second kappa shape index (κ2) is 8.75. The molecular weight excluding hydrogens is 326 g/mol. The summed E-state index contributed by atoms with van der Waals surface area (Å²) in [5.74, 6) is 2.45. The molecule has 0 bridgehead atoms. The third-order valence-electron chi connectivity index (χ3n) is 4.02. The minimum absolute atomic E-state index is 0.542. The van der Waals surface area contributed by atoms with Crippen molar-refractivity contribution in [3.8, 4) is 0 Å². The van der Waals surface area contributed by atoms with E-state index in [-0.39, 0.29) is 0 Å². The van der Waals surface area contributed by atoms with E-state index in [1.807, 2.05) is 54.9 Å². The Morgan fingerprint density at radius 1 is 1.00 bits per heavy atom. The highest BCUT2D eigenvalue weighted by Gasteiger charge is 2.06. The van der Waals surface area contributed by atoms with Crippen molar-refractivity contribution in [1.29, 1.82) is 0 Å². The zero-order valence-electron chi connectivity index (χ0n) is 15.1. The summed E-state index contributed by atoms with van der Waals surface area (Å²) in [6, 6.07) is 16.0. The summed E-state index contributed by atoms with van der Waals surface area (Å²) in [6.45, 7) is 3.66. The normalized spacial score (nSPS) is 11.4. The molecule has 0 radical (unpaired) electrons. The summed E-state index contributed by atoms with van der Waals surface area (Å²) in [6.07, 6.45) is 1.79. The predicted octanol–water partition coefficient (Wildman–Crippen LogP) is 1.95. The number of hydrogen-bond donors (Lipinski definition) is 2. The van der Waals surface area contributed by atoms with Gasteiger partial charge in [0.2, 0.25) is 0 Å². The number of benzene rings is 1. The Hall–Kier alpha value is -3.22. The molecule has 1 aromatic carbocycles. The zero-order chi connectivity index (χ0) is 18.2. The molecule has 0 unspecified atom stereocenters. The van der Waals surface area contributed by atoms with Gasteiger partial charge in [-0.3, -0.25) is 4.98 Å². The van der Waals surface area contributed by atoms with Crippen molar-refractivity contribution in [3.05, 3.63) is 77.6 Å². The molecule has 26 heavy (non-hydrogen) atoms. The van der Waals surface area contributed by atoms with Gasteiger partial charge >= 0.3 is 0 Å². The molecule has 0 saturated carbocycles. The molecule has 0 spiro atoms. The molecule has 3 rings (SSSR count). The standard InChI is InChI=1S/C19H23N7/c1-15-24-25-18(26(15)2)14-23-19(21-12-16-8-4-3-5-9-16)22-13-17-10-6-7-11-20-17/h3-11H,12-14H2,1-2H3,(H2,21,22,23). The van der Waals surface area contributed by atoms with E-state index >= 15 is 0 Å². The number of pyridine rings is 1. The minimum atomic E-state index is 0.542. The average Bonchev–Trinajstić information content (AvgIpc) is 3.01. The number of rotatable bonds is 6. The molecule has 3 aromatic rings. The topological polar surface area (TPSA) is 80.0 Å². The molecule has 0 atom stereocenters. The fourth-order valence-electron chi connectivity index (χ4n) is 2.37. The smallest absolute Gasteiger partial charge is 0.192 e. The van der Waals surface area contributed by atoms with Crippen LogP contribution in [0.15, 0.2) is 59.7 Å². The molecule has 2 aromatic heterocycles. The summed E-state index contributed by atoms with van der Waals surface area (Å²) >= 11 is 0. The molecule has 0 aliphatic rings. The third kappa shape index (κ3) is 4.89. The van der Waals surface area contributed by atoms with Crippen molar-refractivity contribution in [3.63, 3.8) is 0 Å². The van der Waals surface area contributed by atoms with Gasteiger partial charge in [-0.25, -0.2) is 4.99 Å². The van der Waals surface area contributed by atoms with Crippen molar-refractivity contribution in [1.82, 2.24) is 30.4 Å². The molecule has 0 aliphatic heterocycles. The van der Waals surface area contributed by atoms with Crippen LogP contribution in [0.3, 0.4) is 0 Å². The van der Waals surface area contributed by atoms with Crippen molar-refractivity contribution < 1.29 is 0 Å². The molecule has 7 nitrogen and oxygen atoms in total. The van der Waals surface area contributed by atoms with Gasteiger partial charge in [-0.2, -0.15) is 0 Å². The summed E-state index contributed by atoms with van der Waals surface area (Å²) in [5, 5.41) is 14.9. The Balaban J connectivity index is 1.66. The van der Waals surface area contributed by atoms with Crippen LogP contribution in [-0.4, -0.2) is 25.7 Å². The molecule has 2 N–H and O–H groups in total. The number of nitrogens with zero attached hydrogens (tertiary/aromatic N) is 5. The van der Waals surface area contributed by atoms with Crippen LogP contribution in [-0.2, 0) is 26.7 Å². The van der Waals surface area contributed by atoms with Crippen molar-refractivity contribution >= 4 is 5.96 Å². The van der Waals surface area contributed by atoms with E-state index in [1.165, 1.54) is 0 Å². The summed E-state index contributed by atoms with van der Waals surface area (Å²) in [7, 11) is 1.95. The quantitative estimate of drug-likeness (QED) is 0.525. The molecular formula is C19H23N7. The molecule has 0 saturated heterocycles. The molecule has 134 valence electrons. The summed E-state index contributed by atoms with van der Waals surface area (Å²) in [4.78, 5) is 9.00. The van der Waals surface area contributed by atoms with Gasteiger partial charge in [-0.1, -0.05) is 36.4 Å². The maximum atomic E-state index is 4.67. The molecule has 0 amide bonds. The first-order chi connectivity index (χ1) is 12.7. The van der Waals surface area contributed by atoms with E-state index in [0.29, 0.717) is 25.6 Å². The lowest BCUT2D eigenvalue weighted by Crippen LogP contribution is -2.37. The SMILES string of the molecule is Cc1nnc(CNC(=NCc2ccccc2)NCc2ccccn2)n1C. The maximum absolute atomic E-state index is 4.67. The lowest BCUT2D eigenvalue weighted by Gasteiger charge is -2.12. The van der Waals surface area contributed by atoms with Crippen LogP contribution < -0.4 is 10.6 Å². The monoisotopic (exact) mass is 349 g/mol. The molecule has 0 fully saturated rings. The first-order valence-corrected chi connectivity index (χ1v) is 8.53. The van der Waals surface area contributed by atoms with Gasteiger partial charge in [0.1, 0.15) is 5.82 Å². The Morgan fingerprint density at radius 2 is 1.77 bits per heavy atom. The van der Waals surface area contributed by atoms with Crippen LogP contribution in [0.1, 0.15) is 22.9 Å². The number of aromatic nitrogens is 4. The highest BCUT2D eigenvalue weighted by molar-refractivity contribution is 5.79. The fourth-order valence-corrected chi connectivity index (χ4v) is 2.37. The zero-order valence-corrected chi connectivity index (χ0v) is 15.1. The number of guanidine groups is 1. The largest absolute Gasteiger partial charge is 0.351 e. The second-order valence-corrected chi connectivity index (χ2v) is 5.90. The van der Waals surface area contributed by atoms with E-state index in [2.05, 4.69) is 42.9 Å². The lowest BCUT2D eigenvalue weighted by molar-refractivity contribution is 0.711. The first kappa shape index (κ1) is 17.6. The Labute approximate surface area is 153 Å². The van der Waals surface area contributed by atoms with Crippen LogP contribution >= 0.6 is 0 Å². The van der Waals surface area contributed by atoms with E-state index in [0.717, 1.165) is 22.9 Å². The Morgan fingerprint density at radius 3 is 2.46 bits per heavy atom. The number of nitrogens with one attached hydrogen (secondary N) is 2. The molecule has 0 aliphatic carbocycles. The summed E-state index contributed by atoms with van der Waals surface area (Å²) in [5.41, 5.74) is 2.11. The van der Waals surface area contributed by atoms with Crippen LogP contribution in [0, 0.1) is 6.92 Å². The molecule has 2 heterocycles. The van der Waals surface area contributed by atoms with Crippen LogP contribution in [0.5, 0.6) is 0 Å². The van der Waals surface area contributed by atoms with E-state index in [9.17, 15) is 0 Å². The van der Waals surface area contributed by atoms with Gasteiger partial charge < -0.3 is 15.2 Å². The van der Waals surface area contributed by atoms with Gasteiger partial charge in [0, 0.05) is 13.2 Å². The molecule has 7 heteroatoms. The van der Waals surface area contributed by atoms with Crippen molar-refractivity contribution in [2.24, 2.45) is 12.0 Å². The average molecular weight is 349 g/mol. The van der Waals surface area contributed by atoms with E-state index in [4.69, 9.17) is 0 Å². The number of hydrogen-bond acceptors (Lipinski definition) is 4. The number of aliphatic imine (C=N–C) groups is 1. The van der Waals surface area contributed by atoms with Gasteiger partial charge in [-0.05, 0) is 24.6 Å². The lowest BCUT2D eigenvalue weighted by atomic mass is 10.2. The van der Waals surface area contributed by atoms with E-state index in [1.54, 1.807) is 6.20 Å². The Kier molecular flexibility index (Phi) is 5.92. The van der Waals surface area contributed by atoms with Gasteiger partial charge in [-0.15, -0.1) is 10.2 Å². The van der Waals surface area contributed by atoms with Crippen LogP contribution in [0.4, 0.5) is 0 Å². The summed E-state index contributed by atoms with van der Waals surface area (Å²) < 4.78 is 1.96. The van der Waals surface area contributed by atoms with Gasteiger partial charge in [0.25, 0.3) is 0 Å². The third-order valence-corrected chi connectivity index (χ3v) is 4.02. The van der Waals surface area contributed by atoms with Gasteiger partial charge in [0.15, 0.2) is 11.8 Å². The highest BCUT2D eigenvalue weighted by Crippen LogP contribution is 2.01. The van der Waals surface area contributed by atoms with Crippen molar-refractivity contribution in [2.75, 3.05) is 0 Å². The minimum Gasteiger partial charge on any atom is -0.351 e. The number of aryl methyl sites for hydroxylation is 1. The predicted molar refractivity (Wildman–Crippen MR) is 101 cm³/mol. The Bertz CT molecular complexity index is 841. The maximum Gasteiger partial charge on any atom is 0.192 e. The first-order valence-electron chi connectivity index (χ1n) is 8.53. The van der Waals surface area contributed by atoms with Gasteiger partial charge in [0.05, 0.1) is 25.3 Å². The second-order valence-electron chi connectivity index (χ2n) is 5.90. The highest BCUT2D eigenvalue weighted by atomic mass is 15.3. The fraction of sp³-hybridized carbons (Fsp3) is 0.263. The van der Waals surface area contributed by atoms with E-state index < -0.39 is 0 Å². The van der Waals surface area contributed by atoms with Crippen LogP contribution in [0.25, 0.3) is 0 Å².